The van der Waals surface area contributed by atoms with Gasteiger partial charge in [0.2, 0.25) is 0 Å². The minimum atomic E-state index is -0.380. The molecule has 0 bridgehead atoms. The van der Waals surface area contributed by atoms with E-state index in [2.05, 4.69) is 97.6 Å². The molecule has 1 aliphatic carbocycles. The van der Waals surface area contributed by atoms with Crippen molar-refractivity contribution in [1.29, 1.82) is 0 Å². The molecule has 1 heterocycles. The van der Waals surface area contributed by atoms with Gasteiger partial charge in [0, 0.05) is 12.5 Å². The number of methoxy groups -OCH3 is 4. The summed E-state index contributed by atoms with van der Waals surface area (Å²) in [6, 6.07) is 27.7. The molecule has 4 aromatic rings. The van der Waals surface area contributed by atoms with Crippen LogP contribution in [0.5, 0.6) is 23.0 Å². The van der Waals surface area contributed by atoms with Gasteiger partial charge in [-0.1, -0.05) is 66.7 Å². The Morgan fingerprint density at radius 2 is 1.30 bits per heavy atom. The quantitative estimate of drug-likeness (QED) is 0.253. The van der Waals surface area contributed by atoms with Crippen LogP contribution in [0.4, 0.5) is 0 Å². The van der Waals surface area contributed by atoms with E-state index in [-0.39, 0.29) is 11.5 Å². The molecule has 0 fully saturated rings. The molecule has 0 saturated carbocycles. The van der Waals surface area contributed by atoms with E-state index in [0.29, 0.717) is 11.5 Å². The largest absolute Gasteiger partial charge is 0.493 e. The summed E-state index contributed by atoms with van der Waals surface area (Å²) in [4.78, 5) is 0. The first-order valence-corrected chi connectivity index (χ1v) is 13.4. The highest BCUT2D eigenvalue weighted by Crippen LogP contribution is 2.55. The Balaban J connectivity index is 1.60. The van der Waals surface area contributed by atoms with E-state index in [1.807, 2.05) is 12.1 Å². The lowest BCUT2D eigenvalue weighted by molar-refractivity contribution is -0.589. The van der Waals surface area contributed by atoms with Crippen LogP contribution in [0.15, 0.2) is 84.9 Å². The van der Waals surface area contributed by atoms with Crippen molar-refractivity contribution in [2.24, 2.45) is 0 Å². The summed E-state index contributed by atoms with van der Waals surface area (Å²) in [6.07, 6.45) is 4.57. The fourth-order valence-corrected chi connectivity index (χ4v) is 6.33. The van der Waals surface area contributed by atoms with Gasteiger partial charge in [-0.25, -0.2) is 4.58 Å². The first-order valence-electron chi connectivity index (χ1n) is 13.4. The van der Waals surface area contributed by atoms with Crippen LogP contribution in [0.25, 0.3) is 16.7 Å². The lowest BCUT2D eigenvalue weighted by Crippen LogP contribution is -2.46. The second kappa shape index (κ2) is 9.91. The Bertz CT molecular complexity index is 1650. The molecule has 0 spiro atoms. The topological polar surface area (TPSA) is 39.9 Å². The summed E-state index contributed by atoms with van der Waals surface area (Å²) in [7, 11) is 8.88. The zero-order valence-corrected chi connectivity index (χ0v) is 23.8. The van der Waals surface area contributed by atoms with E-state index in [9.17, 15) is 0 Å². The second-order valence-corrected chi connectivity index (χ2v) is 10.4. The fraction of sp³-hybridized carbons (Fsp3) is 0.229. The number of rotatable bonds is 6. The van der Waals surface area contributed by atoms with Gasteiger partial charge in [0.05, 0.1) is 39.9 Å². The lowest BCUT2D eigenvalue weighted by Gasteiger charge is -2.41. The van der Waals surface area contributed by atoms with Gasteiger partial charge in [0.1, 0.15) is 7.05 Å². The van der Waals surface area contributed by atoms with Crippen molar-refractivity contribution in [3.05, 3.63) is 113 Å². The maximum Gasteiger partial charge on any atom is 0.195 e. The summed E-state index contributed by atoms with van der Waals surface area (Å²) in [5.74, 6) is 2.93. The molecule has 0 radical (unpaired) electrons. The zero-order valence-electron chi connectivity index (χ0n) is 23.8. The van der Waals surface area contributed by atoms with Crippen molar-refractivity contribution in [2.75, 3.05) is 35.5 Å². The number of hydrogen-bond acceptors (Lipinski definition) is 4. The van der Waals surface area contributed by atoms with Gasteiger partial charge in [-0.05, 0) is 51.6 Å². The van der Waals surface area contributed by atoms with Crippen molar-refractivity contribution in [1.82, 2.24) is 0 Å². The Morgan fingerprint density at radius 3 is 1.95 bits per heavy atom. The molecule has 4 aromatic carbocycles. The number of likely N-dealkylation sites (N-methyl/N-ethyl adjacent to an activating group) is 1. The third-order valence-corrected chi connectivity index (χ3v) is 8.61. The molecule has 0 N–H and O–H groups in total. The van der Waals surface area contributed by atoms with Crippen molar-refractivity contribution in [3.8, 4) is 34.1 Å². The van der Waals surface area contributed by atoms with Crippen LogP contribution in [0, 0.1) is 0 Å². The fourth-order valence-electron chi connectivity index (χ4n) is 6.33. The third kappa shape index (κ3) is 3.80. The van der Waals surface area contributed by atoms with Crippen LogP contribution < -0.4 is 18.9 Å². The highest BCUT2D eigenvalue weighted by atomic mass is 16.5. The molecule has 40 heavy (non-hydrogen) atoms. The number of hydrogen-bond donors (Lipinski definition) is 0. The van der Waals surface area contributed by atoms with Crippen LogP contribution in [0.3, 0.4) is 0 Å². The summed E-state index contributed by atoms with van der Waals surface area (Å²) in [5, 5.41) is 0. The maximum atomic E-state index is 5.86. The SMILES string of the molecule is COc1cc2c(cc1OC)C1(C)C(C=C2c2ccc(-c3ccccc3)cc2)c2ccc(OC)c(OC)c2C=[N+]1C. The van der Waals surface area contributed by atoms with E-state index < -0.39 is 0 Å². The predicted octanol–water partition coefficient (Wildman–Crippen LogP) is 6.91. The third-order valence-electron chi connectivity index (χ3n) is 8.61. The second-order valence-electron chi connectivity index (χ2n) is 10.4. The van der Waals surface area contributed by atoms with E-state index in [4.69, 9.17) is 18.9 Å². The van der Waals surface area contributed by atoms with Crippen molar-refractivity contribution < 1.29 is 23.5 Å². The Hall–Kier alpha value is -4.51. The molecule has 2 aliphatic rings. The molecule has 1 aliphatic heterocycles. The average Bonchev–Trinajstić information content (AvgIpc) is 3.00. The molecule has 5 nitrogen and oxygen atoms in total. The van der Waals surface area contributed by atoms with E-state index >= 15 is 0 Å². The molecule has 0 saturated heterocycles. The van der Waals surface area contributed by atoms with Crippen LogP contribution in [0.2, 0.25) is 0 Å². The van der Waals surface area contributed by atoms with Crippen LogP contribution in [0.1, 0.15) is 40.7 Å². The Kier molecular flexibility index (Phi) is 6.38. The number of ether oxygens (including phenoxy) is 4. The Morgan fingerprint density at radius 1 is 0.675 bits per heavy atom. The maximum absolute atomic E-state index is 5.86. The Labute approximate surface area is 235 Å². The van der Waals surface area contributed by atoms with Gasteiger partial charge in [-0.15, -0.1) is 0 Å². The zero-order chi connectivity index (χ0) is 28.0. The summed E-state index contributed by atoms with van der Waals surface area (Å²) < 4.78 is 25.3. The number of nitrogens with zero attached hydrogens (tertiary/aromatic N) is 1. The molecule has 0 aromatic heterocycles. The van der Waals surface area contributed by atoms with E-state index in [1.54, 1.807) is 28.4 Å². The highest BCUT2D eigenvalue weighted by molar-refractivity contribution is 5.90. The molecular formula is C35H34NO4+. The molecule has 2 atom stereocenters. The smallest absolute Gasteiger partial charge is 0.195 e. The molecular weight excluding hydrogens is 498 g/mol. The van der Waals surface area contributed by atoms with Gasteiger partial charge in [-0.3, -0.25) is 0 Å². The number of benzene rings is 4. The van der Waals surface area contributed by atoms with Crippen molar-refractivity contribution >= 4 is 11.8 Å². The van der Waals surface area contributed by atoms with Gasteiger partial charge < -0.3 is 18.9 Å². The molecule has 202 valence electrons. The molecule has 6 rings (SSSR count). The van der Waals surface area contributed by atoms with Gasteiger partial charge in [0.15, 0.2) is 34.8 Å². The summed E-state index contributed by atoms with van der Waals surface area (Å²) >= 11 is 0. The molecule has 2 unspecified atom stereocenters. The highest BCUT2D eigenvalue weighted by Gasteiger charge is 2.52. The number of fused-ring (bicyclic) bond motifs is 5. The minimum absolute atomic E-state index is 0.0340. The van der Waals surface area contributed by atoms with E-state index in [1.165, 1.54) is 22.3 Å². The summed E-state index contributed by atoms with van der Waals surface area (Å²) in [6.45, 7) is 2.30. The van der Waals surface area contributed by atoms with Gasteiger partial charge >= 0.3 is 0 Å². The molecule has 5 heteroatoms. The first-order chi connectivity index (χ1) is 19.4. The van der Waals surface area contributed by atoms with Gasteiger partial charge in [-0.2, -0.15) is 0 Å². The van der Waals surface area contributed by atoms with Crippen molar-refractivity contribution in [3.63, 3.8) is 0 Å². The lowest BCUT2D eigenvalue weighted by atomic mass is 9.65. The standard InChI is InChI=1S/C35H34NO4/c1-35-29(25-16-17-31(37-3)34(40-6)28(25)21-36(35)2)18-26(27-19-32(38-4)33(39-5)20-30(27)35)24-14-12-23(13-15-24)22-10-8-7-9-11-22/h7-21,29H,1-6H3/q+1. The monoisotopic (exact) mass is 532 g/mol. The predicted molar refractivity (Wildman–Crippen MR) is 159 cm³/mol. The first kappa shape index (κ1) is 25.8. The van der Waals surface area contributed by atoms with Crippen molar-refractivity contribution in [2.45, 2.75) is 18.4 Å². The van der Waals surface area contributed by atoms with Crippen LogP contribution in [-0.2, 0) is 5.54 Å². The average molecular weight is 533 g/mol. The molecule has 0 amide bonds. The summed E-state index contributed by atoms with van der Waals surface area (Å²) in [5.41, 5.74) is 8.85. The van der Waals surface area contributed by atoms with Crippen LogP contribution >= 0.6 is 0 Å². The van der Waals surface area contributed by atoms with Gasteiger partial charge in [0.25, 0.3) is 0 Å². The minimum Gasteiger partial charge on any atom is -0.493 e. The van der Waals surface area contributed by atoms with Crippen LogP contribution in [-0.4, -0.2) is 46.3 Å². The normalized spacial score (nSPS) is 18.9. The van der Waals surface area contributed by atoms with E-state index in [0.717, 1.165) is 33.8 Å².